The average Bonchev–Trinajstić information content (AvgIpc) is 3.57. The van der Waals surface area contributed by atoms with Crippen molar-refractivity contribution >= 4 is 43.5 Å². The van der Waals surface area contributed by atoms with E-state index in [0.717, 1.165) is 27.3 Å². The van der Waals surface area contributed by atoms with E-state index in [1.54, 1.807) is 37.4 Å². The fourth-order valence-corrected chi connectivity index (χ4v) is 6.15. The maximum atomic E-state index is 14.0. The lowest BCUT2D eigenvalue weighted by Gasteiger charge is -2.23. The van der Waals surface area contributed by atoms with E-state index in [1.165, 1.54) is 19.2 Å². The summed E-state index contributed by atoms with van der Waals surface area (Å²) in [5.41, 5.74) is 5.73. The Morgan fingerprint density at radius 3 is 2.55 bits per heavy atom. The number of carbonyl (C=O) groups is 1. The Balaban J connectivity index is 1.49. The molecule has 0 fully saturated rings. The Morgan fingerprint density at radius 1 is 1.05 bits per heavy atom. The lowest BCUT2D eigenvalue weighted by Crippen LogP contribution is -2.25. The Morgan fingerprint density at radius 2 is 1.82 bits per heavy atom. The van der Waals surface area contributed by atoms with Crippen LogP contribution >= 0.6 is 0 Å². The standard InChI is InChI=1S/C33H27FN4O5S/c1-18-5-7-19(8-6-18)32-30(33(39)35-2)23-15-22(26(16-29(23)43-32)37(3)44(4,40)41)24-10-12-28-31(36-24)27-14-20-13-21(34)9-11-25(20)38(27)17-42-28/h5-16H,17H2,1-4H3,(H,35,39). The van der Waals surface area contributed by atoms with Gasteiger partial charge in [0.1, 0.15) is 28.6 Å². The average molecular weight is 611 g/mol. The number of ether oxygens (including phenoxy) is 1. The van der Waals surface area contributed by atoms with E-state index in [2.05, 4.69) is 5.32 Å². The minimum Gasteiger partial charge on any atom is -0.470 e. The van der Waals surface area contributed by atoms with Gasteiger partial charge in [-0.05, 0) is 49.4 Å². The van der Waals surface area contributed by atoms with Gasteiger partial charge in [0, 0.05) is 42.1 Å². The van der Waals surface area contributed by atoms with Gasteiger partial charge in [-0.2, -0.15) is 0 Å². The van der Waals surface area contributed by atoms with E-state index in [1.807, 2.05) is 41.8 Å². The number of amides is 1. The van der Waals surface area contributed by atoms with E-state index >= 15 is 0 Å². The van der Waals surface area contributed by atoms with E-state index < -0.39 is 10.0 Å². The number of nitrogens with zero attached hydrogens (tertiary/aromatic N) is 3. The molecule has 44 heavy (non-hydrogen) atoms. The van der Waals surface area contributed by atoms with Crippen molar-refractivity contribution in [2.75, 3.05) is 24.7 Å². The highest BCUT2D eigenvalue weighted by molar-refractivity contribution is 7.92. The van der Waals surface area contributed by atoms with Gasteiger partial charge in [0.15, 0.2) is 6.73 Å². The summed E-state index contributed by atoms with van der Waals surface area (Å²) >= 11 is 0. The molecule has 11 heteroatoms. The van der Waals surface area contributed by atoms with Gasteiger partial charge in [0.25, 0.3) is 5.91 Å². The molecule has 3 aromatic heterocycles. The number of benzene rings is 3. The summed E-state index contributed by atoms with van der Waals surface area (Å²) in [7, 11) is -0.703. The second-order valence-corrected chi connectivity index (χ2v) is 12.8. The van der Waals surface area contributed by atoms with E-state index in [9.17, 15) is 17.6 Å². The molecule has 0 radical (unpaired) electrons. The first kappa shape index (κ1) is 27.7. The van der Waals surface area contributed by atoms with Gasteiger partial charge in [-0.25, -0.2) is 17.8 Å². The molecule has 6 aromatic rings. The van der Waals surface area contributed by atoms with Crippen LogP contribution in [0.3, 0.4) is 0 Å². The zero-order chi connectivity index (χ0) is 30.9. The molecule has 1 N–H and O–H groups in total. The number of carbonyl (C=O) groups excluding carboxylic acids is 1. The number of sulfonamides is 1. The van der Waals surface area contributed by atoms with E-state index in [0.29, 0.717) is 61.6 Å². The fourth-order valence-electron chi connectivity index (χ4n) is 5.64. The van der Waals surface area contributed by atoms with E-state index in [-0.39, 0.29) is 18.5 Å². The molecule has 7 rings (SSSR count). The number of nitrogens with one attached hydrogen (secondary N) is 1. The summed E-state index contributed by atoms with van der Waals surface area (Å²) in [5.74, 6) is 0.216. The second kappa shape index (κ2) is 9.95. The van der Waals surface area contributed by atoms with Gasteiger partial charge in [-0.1, -0.05) is 29.8 Å². The van der Waals surface area contributed by atoms with Crippen LogP contribution in [-0.2, 0) is 16.8 Å². The van der Waals surface area contributed by atoms with Crippen LogP contribution < -0.4 is 14.4 Å². The minimum atomic E-state index is -3.70. The molecule has 0 aliphatic carbocycles. The number of hydrogen-bond acceptors (Lipinski definition) is 6. The third-order valence-electron chi connectivity index (χ3n) is 8.00. The van der Waals surface area contributed by atoms with Crippen molar-refractivity contribution in [1.82, 2.24) is 14.9 Å². The molecule has 0 saturated carbocycles. The van der Waals surface area contributed by atoms with Crippen LogP contribution in [0.4, 0.5) is 10.1 Å². The molecule has 1 aliphatic heterocycles. The minimum absolute atomic E-state index is 0.235. The van der Waals surface area contributed by atoms with Crippen LogP contribution in [0.25, 0.3) is 55.8 Å². The number of anilines is 1. The molecular weight excluding hydrogens is 583 g/mol. The summed E-state index contributed by atoms with van der Waals surface area (Å²) in [5, 5.41) is 3.91. The lowest BCUT2D eigenvalue weighted by atomic mass is 10.00. The largest absolute Gasteiger partial charge is 0.470 e. The monoisotopic (exact) mass is 610 g/mol. The van der Waals surface area contributed by atoms with Crippen LogP contribution in [0.15, 0.2) is 77.2 Å². The summed E-state index contributed by atoms with van der Waals surface area (Å²) in [6, 6.07) is 20.9. The molecule has 0 spiro atoms. The second-order valence-electron chi connectivity index (χ2n) is 10.8. The van der Waals surface area contributed by atoms with Crippen molar-refractivity contribution in [3.8, 4) is 39.7 Å². The van der Waals surface area contributed by atoms with Crippen molar-refractivity contribution < 1.29 is 26.8 Å². The summed E-state index contributed by atoms with van der Waals surface area (Å²) < 4.78 is 55.0. The van der Waals surface area contributed by atoms with Crippen LogP contribution in [0.2, 0.25) is 0 Å². The number of fused-ring (bicyclic) bond motifs is 6. The molecule has 4 heterocycles. The molecule has 1 amide bonds. The van der Waals surface area contributed by atoms with Gasteiger partial charge >= 0.3 is 0 Å². The number of rotatable bonds is 5. The highest BCUT2D eigenvalue weighted by Gasteiger charge is 2.28. The third-order valence-corrected chi connectivity index (χ3v) is 9.19. The molecule has 0 atom stereocenters. The van der Waals surface area contributed by atoms with Crippen LogP contribution in [0.1, 0.15) is 15.9 Å². The number of aromatic nitrogens is 2. The summed E-state index contributed by atoms with van der Waals surface area (Å²) in [4.78, 5) is 18.2. The number of halogens is 1. The summed E-state index contributed by atoms with van der Waals surface area (Å²) in [6.07, 6.45) is 1.11. The lowest BCUT2D eigenvalue weighted by molar-refractivity contribution is 0.0964. The molecule has 0 bridgehead atoms. The van der Waals surface area contributed by atoms with Crippen molar-refractivity contribution in [1.29, 1.82) is 0 Å². The smallest absolute Gasteiger partial charge is 0.255 e. The Labute approximate surface area is 252 Å². The molecule has 222 valence electrons. The van der Waals surface area contributed by atoms with Crippen LogP contribution in [-0.4, -0.2) is 44.2 Å². The van der Waals surface area contributed by atoms with Gasteiger partial charge in [-0.3, -0.25) is 9.10 Å². The first-order chi connectivity index (χ1) is 21.0. The van der Waals surface area contributed by atoms with Gasteiger partial charge in [0.05, 0.1) is 34.4 Å². The normalized spacial score (nSPS) is 12.6. The van der Waals surface area contributed by atoms with Crippen molar-refractivity contribution in [3.63, 3.8) is 0 Å². The zero-order valence-electron chi connectivity index (χ0n) is 24.3. The van der Waals surface area contributed by atoms with Crippen LogP contribution in [0, 0.1) is 12.7 Å². The number of hydrogen-bond donors (Lipinski definition) is 1. The van der Waals surface area contributed by atoms with Gasteiger partial charge in [0.2, 0.25) is 10.0 Å². The number of aryl methyl sites for hydroxylation is 1. The quantitative estimate of drug-likeness (QED) is 0.244. The summed E-state index contributed by atoms with van der Waals surface area (Å²) in [6.45, 7) is 2.20. The van der Waals surface area contributed by atoms with Gasteiger partial charge < -0.3 is 19.0 Å². The predicted molar refractivity (Wildman–Crippen MR) is 168 cm³/mol. The highest BCUT2D eigenvalue weighted by atomic mass is 32.2. The van der Waals surface area contributed by atoms with Crippen molar-refractivity contribution in [2.24, 2.45) is 0 Å². The number of furan rings is 1. The van der Waals surface area contributed by atoms with Crippen molar-refractivity contribution in [3.05, 3.63) is 89.7 Å². The molecule has 1 aliphatic rings. The van der Waals surface area contributed by atoms with Crippen LogP contribution in [0.5, 0.6) is 5.75 Å². The third kappa shape index (κ3) is 4.39. The SMILES string of the molecule is CNC(=O)c1c(-c2ccc(C)cc2)oc2cc(N(C)S(C)(=O)=O)c(-c3ccc4c(n3)-c3cc5cc(F)ccc5n3CO4)cc12. The molecule has 3 aromatic carbocycles. The predicted octanol–water partition coefficient (Wildman–Crippen LogP) is 6.34. The Bertz CT molecular complexity index is 2250. The fraction of sp³-hybridized carbons (Fsp3) is 0.152. The first-order valence-electron chi connectivity index (χ1n) is 13.8. The Kier molecular flexibility index (Phi) is 6.26. The highest BCUT2D eigenvalue weighted by Crippen LogP contribution is 2.43. The topological polar surface area (TPSA) is 107 Å². The first-order valence-corrected chi connectivity index (χ1v) is 15.7. The van der Waals surface area contributed by atoms with Crippen molar-refractivity contribution in [2.45, 2.75) is 13.7 Å². The van der Waals surface area contributed by atoms with E-state index in [4.69, 9.17) is 14.1 Å². The zero-order valence-corrected chi connectivity index (χ0v) is 25.1. The van der Waals surface area contributed by atoms with Gasteiger partial charge in [-0.15, -0.1) is 0 Å². The maximum absolute atomic E-state index is 14.0. The Hall–Kier alpha value is -5.16. The maximum Gasteiger partial charge on any atom is 0.255 e. The molecule has 9 nitrogen and oxygen atoms in total. The molecular formula is C33H27FN4O5S. The molecule has 0 saturated heterocycles. The molecule has 0 unspecified atom stereocenters. The number of pyridine rings is 1.